The number of phenolic OH excluding ortho intramolecular Hbond substituents is 1. The summed E-state index contributed by atoms with van der Waals surface area (Å²) in [5.41, 5.74) is -3.83. The number of rotatable bonds is 2. The number of carbonyl (C=O) groups excluding carboxylic acids is 5. The number of hydrogen-bond acceptors (Lipinski definition) is 10. The molecule has 0 radical (unpaired) electrons. The number of aromatic hydroxyl groups is 1. The maximum atomic E-state index is 13.9. The summed E-state index contributed by atoms with van der Waals surface area (Å²) >= 11 is 0. The average Bonchev–Trinajstić information content (AvgIpc) is 3.35. The fourth-order valence-corrected chi connectivity index (χ4v) is 6.27. The first-order valence-corrected chi connectivity index (χ1v) is 11.3. The normalized spacial score (nSPS) is 26.6. The molecule has 0 saturated heterocycles. The van der Waals surface area contributed by atoms with Gasteiger partial charge in [-0.15, -0.1) is 0 Å². The zero-order valence-electron chi connectivity index (χ0n) is 19.1. The topological polar surface area (TPSA) is 188 Å². The fourth-order valence-electron chi connectivity index (χ4n) is 6.27. The predicted molar refractivity (Wildman–Crippen MR) is 123 cm³/mol. The number of aromatic nitrogens is 1. The van der Waals surface area contributed by atoms with E-state index in [9.17, 15) is 44.1 Å². The first-order chi connectivity index (χ1) is 17.6. The van der Waals surface area contributed by atoms with Crippen LogP contribution in [0.2, 0.25) is 0 Å². The second-order valence-corrected chi connectivity index (χ2v) is 9.41. The Kier molecular flexibility index (Phi) is 4.36. The Hall–Kier alpha value is -4.80. The summed E-state index contributed by atoms with van der Waals surface area (Å²) in [6, 6.07) is 2.85. The van der Waals surface area contributed by atoms with Crippen molar-refractivity contribution in [2.75, 3.05) is 7.11 Å². The molecule has 186 valence electrons. The van der Waals surface area contributed by atoms with Gasteiger partial charge >= 0.3 is 0 Å². The van der Waals surface area contributed by atoms with Crippen molar-refractivity contribution in [2.24, 2.45) is 11.8 Å². The summed E-state index contributed by atoms with van der Waals surface area (Å²) in [5.74, 6) is -9.60. The molecule has 4 aliphatic rings. The molecule has 11 nitrogen and oxygen atoms in total. The van der Waals surface area contributed by atoms with E-state index in [-0.39, 0.29) is 34.9 Å². The maximum absolute atomic E-state index is 13.9. The van der Waals surface area contributed by atoms with Crippen molar-refractivity contribution in [3.05, 3.63) is 73.8 Å². The predicted octanol–water partition coefficient (Wildman–Crippen LogP) is 0.934. The average molecular weight is 503 g/mol. The zero-order chi connectivity index (χ0) is 26.5. The molecule has 37 heavy (non-hydrogen) atoms. The molecule has 3 atom stereocenters. The van der Waals surface area contributed by atoms with Crippen molar-refractivity contribution < 1.29 is 44.0 Å². The molecule has 6 rings (SSSR count). The van der Waals surface area contributed by atoms with Crippen LogP contribution in [0.25, 0.3) is 10.8 Å². The van der Waals surface area contributed by atoms with Crippen LogP contribution in [0.5, 0.6) is 5.75 Å². The van der Waals surface area contributed by atoms with E-state index >= 15 is 0 Å². The summed E-state index contributed by atoms with van der Waals surface area (Å²) in [7, 11) is 1.14. The van der Waals surface area contributed by atoms with Crippen molar-refractivity contribution in [2.45, 2.75) is 18.3 Å². The molecule has 4 N–H and O–H groups in total. The number of fused-ring (bicyclic) bond motifs is 5. The van der Waals surface area contributed by atoms with Crippen LogP contribution in [0.15, 0.2) is 51.4 Å². The molecule has 1 aromatic carbocycles. The number of H-pyrrole nitrogens is 1. The first kappa shape index (κ1) is 22.7. The van der Waals surface area contributed by atoms with E-state index in [1.807, 2.05) is 0 Å². The van der Waals surface area contributed by atoms with Crippen molar-refractivity contribution in [3.8, 4) is 5.75 Å². The van der Waals surface area contributed by atoms with Crippen molar-refractivity contribution in [1.29, 1.82) is 0 Å². The van der Waals surface area contributed by atoms with Crippen LogP contribution in [-0.4, -0.2) is 56.8 Å². The van der Waals surface area contributed by atoms with Gasteiger partial charge in [-0.25, -0.2) is 0 Å². The van der Waals surface area contributed by atoms with Crippen LogP contribution in [-0.2, 0) is 35.8 Å². The molecule has 1 fully saturated rings. The van der Waals surface area contributed by atoms with Gasteiger partial charge in [0.2, 0.25) is 5.78 Å². The molecule has 2 aromatic rings. The van der Waals surface area contributed by atoms with Crippen LogP contribution < -0.4 is 5.56 Å². The SMILES string of the molecule is COC1=CC(=O)C2=C(O)C3C(=O)C4(CCc5cc6cc(C=O)[nH]c(=O)c6c(O)c54)C(=O)C3C(O)=C2C1=O. The lowest BCUT2D eigenvalue weighted by atomic mass is 9.75. The Morgan fingerprint density at radius 1 is 1.00 bits per heavy atom. The Morgan fingerprint density at radius 2 is 1.65 bits per heavy atom. The maximum Gasteiger partial charge on any atom is 0.260 e. The van der Waals surface area contributed by atoms with E-state index in [2.05, 4.69) is 4.98 Å². The number of aldehydes is 1. The molecule has 11 heteroatoms. The lowest BCUT2D eigenvalue weighted by Gasteiger charge is -2.28. The number of phenols is 1. The molecular formula is C26H17NO10. The van der Waals surface area contributed by atoms with Gasteiger partial charge in [0.25, 0.3) is 5.56 Å². The number of hydrogen-bond donors (Lipinski definition) is 4. The molecule has 3 unspecified atom stereocenters. The van der Waals surface area contributed by atoms with E-state index in [1.54, 1.807) is 0 Å². The van der Waals surface area contributed by atoms with Crippen molar-refractivity contribution >= 4 is 40.2 Å². The quantitative estimate of drug-likeness (QED) is 0.339. The monoisotopic (exact) mass is 503 g/mol. The van der Waals surface area contributed by atoms with Crippen molar-refractivity contribution in [3.63, 3.8) is 0 Å². The number of ketones is 4. The van der Waals surface area contributed by atoms with Gasteiger partial charge in [0.15, 0.2) is 29.4 Å². The minimum Gasteiger partial charge on any atom is -0.511 e. The number of ether oxygens (including phenoxy) is 1. The van der Waals surface area contributed by atoms with Gasteiger partial charge in [-0.05, 0) is 29.9 Å². The number of aliphatic hydroxyl groups excluding tert-OH is 2. The minimum atomic E-state index is -2.04. The van der Waals surface area contributed by atoms with E-state index < -0.39 is 80.1 Å². The molecule has 0 aliphatic heterocycles. The smallest absolute Gasteiger partial charge is 0.260 e. The lowest BCUT2D eigenvalue weighted by molar-refractivity contribution is -0.130. The largest absolute Gasteiger partial charge is 0.511 e. The third-order valence-corrected chi connectivity index (χ3v) is 7.80. The number of carbonyl (C=O) groups is 5. The van der Waals surface area contributed by atoms with Crippen LogP contribution in [0.1, 0.15) is 28.0 Å². The van der Waals surface area contributed by atoms with Gasteiger partial charge in [-0.1, -0.05) is 6.07 Å². The number of aryl methyl sites for hydroxylation is 1. The number of pyridine rings is 1. The summed E-state index contributed by atoms with van der Waals surface area (Å²) in [4.78, 5) is 79.6. The summed E-state index contributed by atoms with van der Waals surface area (Å²) in [5, 5.41) is 33.3. The minimum absolute atomic E-state index is 0.0299. The molecule has 1 heterocycles. The van der Waals surface area contributed by atoms with E-state index in [1.165, 1.54) is 12.1 Å². The summed E-state index contributed by atoms with van der Waals surface area (Å²) < 4.78 is 4.89. The second kappa shape index (κ2) is 7.12. The van der Waals surface area contributed by atoms with E-state index in [0.29, 0.717) is 11.8 Å². The molecule has 1 saturated carbocycles. The molecular weight excluding hydrogens is 486 g/mol. The third kappa shape index (κ3) is 2.50. The molecule has 1 spiro atoms. The Balaban J connectivity index is 1.61. The lowest BCUT2D eigenvalue weighted by Crippen LogP contribution is -2.37. The number of Topliss-reactive ketones (excluding diaryl/α,β-unsaturated/α-hetero) is 3. The zero-order valence-corrected chi connectivity index (χ0v) is 19.1. The molecule has 0 bridgehead atoms. The highest BCUT2D eigenvalue weighted by Crippen LogP contribution is 2.58. The van der Waals surface area contributed by atoms with E-state index in [4.69, 9.17) is 4.74 Å². The number of methoxy groups -OCH3 is 1. The van der Waals surface area contributed by atoms with Gasteiger partial charge < -0.3 is 25.0 Å². The number of aromatic amines is 1. The highest BCUT2D eigenvalue weighted by Gasteiger charge is 2.68. The van der Waals surface area contributed by atoms with Gasteiger partial charge in [0.05, 0.1) is 41.2 Å². The number of allylic oxidation sites excluding steroid dienone is 5. The van der Waals surface area contributed by atoms with Crippen LogP contribution in [0, 0.1) is 11.8 Å². The summed E-state index contributed by atoms with van der Waals surface area (Å²) in [6.07, 6.45) is 1.25. The standard InChI is InChI=1S/C26H17NO10/c1-37-12-6-11(29)14-15(19(12)30)21(32)17-16(20(14)31)23(34)26(24(17)35)3-2-8-4-9-5-10(7-28)27-25(36)13(9)22(33)18(8)26/h4-7,16-17,31-33H,2-3H2,1H3,(H,27,36). The van der Waals surface area contributed by atoms with Gasteiger partial charge in [0.1, 0.15) is 22.7 Å². The van der Waals surface area contributed by atoms with Crippen LogP contribution in [0.4, 0.5) is 0 Å². The van der Waals surface area contributed by atoms with Crippen molar-refractivity contribution in [1.82, 2.24) is 4.98 Å². The molecule has 4 aliphatic carbocycles. The Bertz CT molecular complexity index is 1720. The second-order valence-electron chi connectivity index (χ2n) is 9.41. The van der Waals surface area contributed by atoms with Crippen LogP contribution >= 0.6 is 0 Å². The number of nitrogens with one attached hydrogen (secondary N) is 1. The number of aliphatic hydroxyl groups is 2. The fraction of sp³-hybridized carbons (Fsp3) is 0.231. The summed E-state index contributed by atoms with van der Waals surface area (Å²) in [6.45, 7) is 0. The molecule has 0 amide bonds. The Labute approximate surface area is 206 Å². The number of benzene rings is 1. The van der Waals surface area contributed by atoms with Gasteiger partial charge in [-0.2, -0.15) is 0 Å². The third-order valence-electron chi connectivity index (χ3n) is 7.80. The van der Waals surface area contributed by atoms with Gasteiger partial charge in [0, 0.05) is 11.6 Å². The van der Waals surface area contributed by atoms with E-state index in [0.717, 1.165) is 13.2 Å². The Morgan fingerprint density at radius 3 is 2.27 bits per heavy atom. The van der Waals surface area contributed by atoms with Crippen LogP contribution in [0.3, 0.4) is 0 Å². The highest BCUT2D eigenvalue weighted by atomic mass is 16.5. The van der Waals surface area contributed by atoms with Gasteiger partial charge in [-0.3, -0.25) is 28.8 Å². The molecule has 1 aromatic heterocycles. The highest BCUT2D eigenvalue weighted by molar-refractivity contribution is 6.30. The first-order valence-electron chi connectivity index (χ1n) is 11.3.